The Bertz CT molecular complexity index is 583. The van der Waals surface area contributed by atoms with Crippen LogP contribution in [0, 0.1) is 19.7 Å². The molecule has 0 spiro atoms. The Morgan fingerprint density at radius 1 is 1.28 bits per heavy atom. The third-order valence-electron chi connectivity index (χ3n) is 2.70. The highest BCUT2D eigenvalue weighted by Crippen LogP contribution is 2.27. The number of benzene rings is 1. The number of hydrogen-bond donors (Lipinski definition) is 1. The molecule has 4 heteroatoms. The zero-order valence-corrected chi connectivity index (χ0v) is 10.1. The van der Waals surface area contributed by atoms with Gasteiger partial charge in [-0.25, -0.2) is 14.2 Å². The molecular formula is C14H12FNO2. The van der Waals surface area contributed by atoms with Crippen molar-refractivity contribution in [3.05, 3.63) is 53.1 Å². The number of aromatic carboxylic acids is 1. The Morgan fingerprint density at radius 3 is 2.50 bits per heavy atom. The first-order valence-corrected chi connectivity index (χ1v) is 5.45. The molecule has 0 amide bonds. The average Bonchev–Trinajstić information content (AvgIpc) is 2.28. The number of carboxylic acid groups (broad SMARTS) is 1. The molecule has 18 heavy (non-hydrogen) atoms. The van der Waals surface area contributed by atoms with E-state index < -0.39 is 5.97 Å². The maximum atomic E-state index is 13.9. The highest BCUT2D eigenvalue weighted by molar-refractivity contribution is 5.85. The number of nitrogens with zero attached hydrogens (tertiary/aromatic N) is 1. The zero-order chi connectivity index (χ0) is 13.3. The molecule has 0 radical (unpaired) electrons. The van der Waals surface area contributed by atoms with Gasteiger partial charge in [0.05, 0.1) is 0 Å². The lowest BCUT2D eigenvalue weighted by Gasteiger charge is -2.08. The molecule has 1 aromatic heterocycles. The Morgan fingerprint density at radius 2 is 2.00 bits per heavy atom. The summed E-state index contributed by atoms with van der Waals surface area (Å²) in [5, 5.41) is 8.76. The van der Waals surface area contributed by atoms with Gasteiger partial charge in [0.15, 0.2) is 0 Å². The monoisotopic (exact) mass is 245 g/mol. The largest absolute Gasteiger partial charge is 0.477 e. The van der Waals surface area contributed by atoms with E-state index in [1.165, 1.54) is 18.3 Å². The molecule has 0 aliphatic carbocycles. The van der Waals surface area contributed by atoms with E-state index in [0.717, 1.165) is 11.1 Å². The van der Waals surface area contributed by atoms with E-state index >= 15 is 0 Å². The van der Waals surface area contributed by atoms with Crippen LogP contribution in [-0.2, 0) is 0 Å². The van der Waals surface area contributed by atoms with Gasteiger partial charge in [0, 0.05) is 17.3 Å². The summed E-state index contributed by atoms with van der Waals surface area (Å²) in [4.78, 5) is 14.5. The van der Waals surface area contributed by atoms with E-state index in [9.17, 15) is 9.18 Å². The maximum absolute atomic E-state index is 13.9. The zero-order valence-electron chi connectivity index (χ0n) is 10.1. The van der Waals surface area contributed by atoms with E-state index in [4.69, 9.17) is 5.11 Å². The standard InChI is InChI=1S/C14H12FNO2/c1-8-5-9(2)13(11(15)6-8)10-3-4-12(14(17)18)16-7-10/h3-7H,1-2H3,(H,17,18). The second kappa shape index (κ2) is 4.56. The number of halogens is 1. The Kier molecular flexibility index (Phi) is 3.10. The first-order chi connectivity index (χ1) is 8.49. The number of hydrogen-bond acceptors (Lipinski definition) is 2. The van der Waals surface area contributed by atoms with Gasteiger partial charge < -0.3 is 5.11 Å². The van der Waals surface area contributed by atoms with Crippen LogP contribution in [0.15, 0.2) is 30.5 Å². The first kappa shape index (κ1) is 12.2. The van der Waals surface area contributed by atoms with Gasteiger partial charge >= 0.3 is 5.97 Å². The van der Waals surface area contributed by atoms with E-state index in [1.807, 2.05) is 19.9 Å². The highest BCUT2D eigenvalue weighted by atomic mass is 19.1. The summed E-state index contributed by atoms with van der Waals surface area (Å²) in [5.41, 5.74) is 2.64. The lowest BCUT2D eigenvalue weighted by atomic mass is 9.99. The minimum Gasteiger partial charge on any atom is -0.477 e. The van der Waals surface area contributed by atoms with E-state index in [2.05, 4.69) is 4.98 Å². The first-order valence-electron chi connectivity index (χ1n) is 5.45. The van der Waals surface area contributed by atoms with Crippen molar-refractivity contribution >= 4 is 5.97 Å². The van der Waals surface area contributed by atoms with Gasteiger partial charge in [-0.3, -0.25) is 0 Å². The van der Waals surface area contributed by atoms with Crippen LogP contribution in [-0.4, -0.2) is 16.1 Å². The third-order valence-corrected chi connectivity index (χ3v) is 2.70. The van der Waals surface area contributed by atoms with Crippen LogP contribution in [0.2, 0.25) is 0 Å². The van der Waals surface area contributed by atoms with Crippen molar-refractivity contribution in [3.8, 4) is 11.1 Å². The SMILES string of the molecule is Cc1cc(C)c(-c2ccc(C(=O)O)nc2)c(F)c1. The second-order valence-corrected chi connectivity index (χ2v) is 4.18. The Balaban J connectivity index is 2.52. The molecule has 1 heterocycles. The predicted octanol–water partition coefficient (Wildman–Crippen LogP) is 3.20. The number of carboxylic acids is 1. The number of aryl methyl sites for hydroxylation is 2. The lowest BCUT2D eigenvalue weighted by molar-refractivity contribution is 0.0690. The molecule has 2 rings (SSSR count). The molecular weight excluding hydrogens is 233 g/mol. The van der Waals surface area contributed by atoms with Gasteiger partial charge in [-0.1, -0.05) is 12.1 Å². The fourth-order valence-electron chi connectivity index (χ4n) is 1.95. The molecule has 0 bridgehead atoms. The summed E-state index contributed by atoms with van der Waals surface area (Å²) in [6.07, 6.45) is 1.38. The third kappa shape index (κ3) is 2.22. The maximum Gasteiger partial charge on any atom is 0.354 e. The summed E-state index contributed by atoms with van der Waals surface area (Å²) < 4.78 is 13.9. The van der Waals surface area contributed by atoms with Crippen LogP contribution in [0.4, 0.5) is 4.39 Å². The van der Waals surface area contributed by atoms with Gasteiger partial charge in [0.1, 0.15) is 11.5 Å². The lowest BCUT2D eigenvalue weighted by Crippen LogP contribution is -2.00. The highest BCUT2D eigenvalue weighted by Gasteiger charge is 2.11. The van der Waals surface area contributed by atoms with Crippen LogP contribution >= 0.6 is 0 Å². The quantitative estimate of drug-likeness (QED) is 0.883. The van der Waals surface area contributed by atoms with Crippen molar-refractivity contribution in [1.82, 2.24) is 4.98 Å². The molecule has 1 aromatic carbocycles. The summed E-state index contributed by atoms with van der Waals surface area (Å²) in [7, 11) is 0. The summed E-state index contributed by atoms with van der Waals surface area (Å²) in [6.45, 7) is 3.64. The van der Waals surface area contributed by atoms with E-state index in [1.54, 1.807) is 6.07 Å². The minimum atomic E-state index is -1.09. The van der Waals surface area contributed by atoms with Crippen LogP contribution in [0.3, 0.4) is 0 Å². The molecule has 92 valence electrons. The van der Waals surface area contributed by atoms with Gasteiger partial charge in [-0.2, -0.15) is 0 Å². The van der Waals surface area contributed by atoms with Crippen molar-refractivity contribution in [2.45, 2.75) is 13.8 Å². The van der Waals surface area contributed by atoms with Crippen LogP contribution in [0.25, 0.3) is 11.1 Å². The predicted molar refractivity (Wildman–Crippen MR) is 66.1 cm³/mol. The molecule has 3 nitrogen and oxygen atoms in total. The van der Waals surface area contributed by atoms with Crippen molar-refractivity contribution in [1.29, 1.82) is 0 Å². The van der Waals surface area contributed by atoms with Crippen LogP contribution < -0.4 is 0 Å². The number of aromatic nitrogens is 1. The van der Waals surface area contributed by atoms with E-state index in [-0.39, 0.29) is 11.5 Å². The number of carbonyl (C=O) groups is 1. The molecule has 0 atom stereocenters. The smallest absolute Gasteiger partial charge is 0.354 e. The molecule has 0 aliphatic heterocycles. The van der Waals surface area contributed by atoms with Gasteiger partial charge in [0.25, 0.3) is 0 Å². The topological polar surface area (TPSA) is 50.2 Å². The minimum absolute atomic E-state index is 0.0519. The normalized spacial score (nSPS) is 10.4. The summed E-state index contributed by atoms with van der Waals surface area (Å²) in [6, 6.07) is 6.27. The second-order valence-electron chi connectivity index (χ2n) is 4.18. The van der Waals surface area contributed by atoms with Crippen molar-refractivity contribution in [3.63, 3.8) is 0 Å². The Hall–Kier alpha value is -2.23. The van der Waals surface area contributed by atoms with Gasteiger partial charge in [-0.15, -0.1) is 0 Å². The number of pyridine rings is 1. The van der Waals surface area contributed by atoms with Crippen molar-refractivity contribution in [2.75, 3.05) is 0 Å². The molecule has 0 saturated heterocycles. The van der Waals surface area contributed by atoms with E-state index in [0.29, 0.717) is 11.1 Å². The van der Waals surface area contributed by atoms with Crippen LogP contribution in [0.1, 0.15) is 21.6 Å². The molecule has 0 unspecified atom stereocenters. The van der Waals surface area contributed by atoms with Crippen LogP contribution in [0.5, 0.6) is 0 Å². The fourth-order valence-corrected chi connectivity index (χ4v) is 1.95. The molecule has 0 fully saturated rings. The molecule has 1 N–H and O–H groups in total. The average molecular weight is 245 g/mol. The molecule has 0 saturated carbocycles. The van der Waals surface area contributed by atoms with Gasteiger partial charge in [0.2, 0.25) is 0 Å². The number of rotatable bonds is 2. The van der Waals surface area contributed by atoms with Crippen molar-refractivity contribution < 1.29 is 14.3 Å². The Labute approximate surface area is 104 Å². The van der Waals surface area contributed by atoms with Gasteiger partial charge in [-0.05, 0) is 37.1 Å². The molecule has 2 aromatic rings. The fraction of sp³-hybridized carbons (Fsp3) is 0.143. The summed E-state index contributed by atoms with van der Waals surface area (Å²) in [5.74, 6) is -1.42. The van der Waals surface area contributed by atoms with Crippen molar-refractivity contribution in [2.24, 2.45) is 0 Å². The summed E-state index contributed by atoms with van der Waals surface area (Å²) >= 11 is 0. The molecule has 0 aliphatic rings.